The fourth-order valence-corrected chi connectivity index (χ4v) is 1.24. The summed E-state index contributed by atoms with van der Waals surface area (Å²) in [6.45, 7) is 1.90. The number of rotatable bonds is 3. The molecule has 1 rings (SSSR count). The van der Waals surface area contributed by atoms with E-state index in [4.69, 9.17) is 21.0 Å². The summed E-state index contributed by atoms with van der Waals surface area (Å²) in [5.41, 5.74) is 0.978. The third kappa shape index (κ3) is 3.70. The van der Waals surface area contributed by atoms with Crippen LogP contribution in [0.2, 0.25) is 0 Å². The van der Waals surface area contributed by atoms with Crippen LogP contribution in [0.3, 0.4) is 0 Å². The zero-order chi connectivity index (χ0) is 15.0. The molecule has 0 saturated carbocycles. The molecular weight excluding hydrogens is 252 g/mol. The van der Waals surface area contributed by atoms with Crippen LogP contribution in [0.4, 0.5) is 5.69 Å². The molecule has 0 saturated heterocycles. The first kappa shape index (κ1) is 14.5. The Bertz CT molecular complexity index is 639. The van der Waals surface area contributed by atoms with Crippen molar-refractivity contribution in [1.82, 2.24) is 0 Å². The van der Waals surface area contributed by atoms with E-state index >= 15 is 0 Å². The summed E-state index contributed by atoms with van der Waals surface area (Å²) in [5.74, 6) is 0. The van der Waals surface area contributed by atoms with Gasteiger partial charge in [0, 0.05) is 0 Å². The Morgan fingerprint density at radius 1 is 1.00 bits per heavy atom. The van der Waals surface area contributed by atoms with Crippen molar-refractivity contribution in [2.75, 3.05) is 5.01 Å². The van der Waals surface area contributed by atoms with Gasteiger partial charge < -0.3 is 0 Å². The maximum Gasteiger partial charge on any atom is 0.237 e. The van der Waals surface area contributed by atoms with Gasteiger partial charge in [-0.2, -0.15) is 21.0 Å². The van der Waals surface area contributed by atoms with Gasteiger partial charge in [-0.15, -0.1) is 5.10 Å². The fraction of sp³-hybridized carbons (Fsp3) is 0.0714. The molecule has 0 bridgehead atoms. The van der Waals surface area contributed by atoms with E-state index in [2.05, 4.69) is 5.10 Å². The van der Waals surface area contributed by atoms with Crippen LogP contribution in [0.15, 0.2) is 41.1 Å². The quantitative estimate of drug-likeness (QED) is 0.469. The van der Waals surface area contributed by atoms with Gasteiger partial charge in [-0.05, 0) is 19.1 Å². The van der Waals surface area contributed by atoms with Crippen LogP contribution in [0, 0.1) is 52.2 Å². The summed E-state index contributed by atoms with van der Waals surface area (Å²) in [4.78, 5) is 0. The zero-order valence-electron chi connectivity index (χ0n) is 10.6. The molecule has 6 heteroatoms. The molecule has 0 amide bonds. The van der Waals surface area contributed by atoms with E-state index in [0.717, 1.165) is 10.6 Å². The van der Waals surface area contributed by atoms with E-state index in [1.807, 2.05) is 19.1 Å². The molecule has 0 heterocycles. The Morgan fingerprint density at radius 2 is 1.55 bits per heavy atom. The molecular formula is C14H8N6. The maximum atomic E-state index is 8.77. The molecule has 0 aliphatic carbocycles. The van der Waals surface area contributed by atoms with Crippen molar-refractivity contribution >= 4 is 11.4 Å². The molecule has 1 aromatic carbocycles. The molecule has 0 aliphatic heterocycles. The van der Waals surface area contributed by atoms with Gasteiger partial charge in [-0.3, -0.25) is 0 Å². The van der Waals surface area contributed by atoms with Crippen molar-refractivity contribution in [3.8, 4) is 24.3 Å². The van der Waals surface area contributed by atoms with Crippen LogP contribution >= 0.6 is 0 Å². The van der Waals surface area contributed by atoms with E-state index in [1.165, 1.54) is 6.20 Å². The number of nitriles is 4. The van der Waals surface area contributed by atoms with Gasteiger partial charge in [0.25, 0.3) is 0 Å². The van der Waals surface area contributed by atoms with Gasteiger partial charge >= 0.3 is 0 Å². The highest BCUT2D eigenvalue weighted by Crippen LogP contribution is 2.17. The lowest BCUT2D eigenvalue weighted by atomic mass is 10.2. The van der Waals surface area contributed by atoms with Crippen LogP contribution in [0.25, 0.3) is 0 Å². The van der Waals surface area contributed by atoms with E-state index in [9.17, 15) is 0 Å². The highest BCUT2D eigenvalue weighted by Gasteiger charge is 2.06. The molecule has 6 nitrogen and oxygen atoms in total. The summed E-state index contributed by atoms with van der Waals surface area (Å²) < 4.78 is 0. The lowest BCUT2D eigenvalue weighted by Gasteiger charge is -2.14. The Morgan fingerprint density at radius 3 is 2.00 bits per heavy atom. The van der Waals surface area contributed by atoms with Gasteiger partial charge in [0.2, 0.25) is 5.71 Å². The monoisotopic (exact) mass is 260 g/mol. The molecule has 1 aromatic rings. The van der Waals surface area contributed by atoms with Crippen molar-refractivity contribution in [2.24, 2.45) is 5.10 Å². The third-order valence-electron chi connectivity index (χ3n) is 2.21. The standard InChI is InChI=1S/C14H8N6/c1-11-2-4-14(5-3-11)20(10-12(6-15)7-16)19-13(8-17)9-18/h2-5,10H,1H3. The van der Waals surface area contributed by atoms with Gasteiger partial charge in [0.1, 0.15) is 29.8 Å². The third-order valence-corrected chi connectivity index (χ3v) is 2.21. The number of aryl methyl sites for hydroxylation is 1. The van der Waals surface area contributed by atoms with Gasteiger partial charge in [0.15, 0.2) is 0 Å². The lowest BCUT2D eigenvalue weighted by molar-refractivity contribution is 1.07. The van der Waals surface area contributed by atoms with Crippen molar-refractivity contribution < 1.29 is 0 Å². The first-order valence-electron chi connectivity index (χ1n) is 5.41. The Kier molecular flexibility index (Phi) is 5.03. The molecule has 0 aromatic heterocycles. The first-order chi connectivity index (χ1) is 9.64. The van der Waals surface area contributed by atoms with Gasteiger partial charge in [-0.25, -0.2) is 5.01 Å². The minimum atomic E-state index is -0.378. The molecule has 0 radical (unpaired) electrons. The fourth-order valence-electron chi connectivity index (χ4n) is 1.24. The summed E-state index contributed by atoms with van der Waals surface area (Å²) in [7, 11) is 0. The van der Waals surface area contributed by atoms with Crippen LogP contribution in [0.5, 0.6) is 0 Å². The topological polar surface area (TPSA) is 111 Å². The van der Waals surface area contributed by atoms with E-state index in [-0.39, 0.29) is 11.3 Å². The largest absolute Gasteiger partial charge is 0.237 e. The molecule has 0 N–H and O–H groups in total. The predicted octanol–water partition coefficient (Wildman–Crippen LogP) is 2.14. The summed E-state index contributed by atoms with van der Waals surface area (Å²) >= 11 is 0. The second-order valence-corrected chi connectivity index (χ2v) is 3.62. The first-order valence-corrected chi connectivity index (χ1v) is 5.41. The number of allylic oxidation sites excluding steroid dienone is 1. The van der Waals surface area contributed by atoms with Crippen molar-refractivity contribution in [2.45, 2.75) is 6.92 Å². The lowest BCUT2D eigenvalue weighted by Crippen LogP contribution is -2.11. The van der Waals surface area contributed by atoms with E-state index < -0.39 is 0 Å². The van der Waals surface area contributed by atoms with Gasteiger partial charge in [-0.1, -0.05) is 17.7 Å². The SMILES string of the molecule is Cc1ccc(N(C=C(C#N)C#N)N=C(C#N)C#N)cc1. The van der Waals surface area contributed by atoms with Crippen LogP contribution < -0.4 is 5.01 Å². The number of hydrogen-bond donors (Lipinski definition) is 0. The second-order valence-electron chi connectivity index (χ2n) is 3.62. The Hall–Kier alpha value is -3.61. The minimum absolute atomic E-state index is 0.190. The molecule has 0 aliphatic rings. The molecule has 0 spiro atoms. The number of benzene rings is 1. The summed E-state index contributed by atoms with van der Waals surface area (Å²) in [6.07, 6.45) is 1.17. The second kappa shape index (κ2) is 6.97. The number of anilines is 1. The number of nitrogens with zero attached hydrogens (tertiary/aromatic N) is 6. The predicted molar refractivity (Wildman–Crippen MR) is 71.6 cm³/mol. The Labute approximate surface area is 116 Å². The molecule has 94 valence electrons. The number of hydrogen-bond acceptors (Lipinski definition) is 6. The van der Waals surface area contributed by atoms with Crippen LogP contribution in [-0.4, -0.2) is 5.71 Å². The molecule has 0 atom stereocenters. The average Bonchev–Trinajstić information content (AvgIpc) is 2.49. The smallest absolute Gasteiger partial charge is 0.237 e. The van der Waals surface area contributed by atoms with Crippen LogP contribution in [-0.2, 0) is 0 Å². The van der Waals surface area contributed by atoms with Crippen LogP contribution in [0.1, 0.15) is 5.56 Å². The number of hydrazone groups is 1. The Balaban J connectivity index is 3.34. The maximum absolute atomic E-state index is 8.77. The molecule has 0 unspecified atom stereocenters. The molecule has 20 heavy (non-hydrogen) atoms. The zero-order valence-corrected chi connectivity index (χ0v) is 10.6. The van der Waals surface area contributed by atoms with Gasteiger partial charge in [0.05, 0.1) is 11.9 Å². The minimum Gasteiger partial charge on any atom is -0.237 e. The van der Waals surface area contributed by atoms with Crippen molar-refractivity contribution in [3.05, 3.63) is 41.6 Å². The average molecular weight is 260 g/mol. The highest BCUT2D eigenvalue weighted by molar-refractivity contribution is 6.10. The summed E-state index contributed by atoms with van der Waals surface area (Å²) in [6, 6.07) is 13.7. The van der Waals surface area contributed by atoms with Crippen molar-refractivity contribution in [1.29, 1.82) is 21.0 Å². The van der Waals surface area contributed by atoms with E-state index in [0.29, 0.717) is 5.69 Å². The summed E-state index contributed by atoms with van der Waals surface area (Å²) in [5, 5.41) is 40.0. The normalized spacial score (nSPS) is 8.05. The molecule has 0 fully saturated rings. The highest BCUT2D eigenvalue weighted by atomic mass is 15.4. The van der Waals surface area contributed by atoms with Crippen molar-refractivity contribution in [3.63, 3.8) is 0 Å². The van der Waals surface area contributed by atoms with E-state index in [1.54, 1.807) is 36.4 Å².